The third-order valence-corrected chi connectivity index (χ3v) is 10.2. The molecular formula is C25H43F2P. The van der Waals surface area contributed by atoms with Gasteiger partial charge in [0.25, 0.3) is 0 Å². The zero-order valence-corrected chi connectivity index (χ0v) is 19.2. The maximum absolute atomic E-state index is 14.0. The third kappa shape index (κ3) is 4.95. The Morgan fingerprint density at radius 1 is 0.536 bits per heavy atom. The molecule has 162 valence electrons. The van der Waals surface area contributed by atoms with Crippen LogP contribution in [0.15, 0.2) is 0 Å². The van der Waals surface area contributed by atoms with Crippen molar-refractivity contribution >= 4 is 9.24 Å². The van der Waals surface area contributed by atoms with Crippen LogP contribution in [0.25, 0.3) is 0 Å². The Kier molecular flexibility index (Phi) is 7.39. The fourth-order valence-corrected chi connectivity index (χ4v) is 8.17. The average Bonchev–Trinajstić information content (AvgIpc) is 2.72. The molecule has 0 spiro atoms. The van der Waals surface area contributed by atoms with E-state index in [-0.39, 0.29) is 5.66 Å². The molecule has 4 aliphatic rings. The van der Waals surface area contributed by atoms with E-state index in [2.05, 4.69) is 16.2 Å². The molecule has 4 aliphatic carbocycles. The predicted molar refractivity (Wildman–Crippen MR) is 118 cm³/mol. The molecule has 0 bridgehead atoms. The summed E-state index contributed by atoms with van der Waals surface area (Å²) in [5.41, 5.74) is -0.162. The molecular weight excluding hydrogens is 369 g/mol. The second-order valence-corrected chi connectivity index (χ2v) is 12.1. The standard InChI is InChI=1S/C25H43F2P/c1-16-2-4-17(5-3-16)18-6-8-19(9-7-18)20-10-12-21(13-11-20)22-14-23(26)25(27)24(28)15-22/h16-25H,2-15,28H2,1H3. The highest BCUT2D eigenvalue weighted by atomic mass is 31.0. The number of alkyl halides is 2. The van der Waals surface area contributed by atoms with E-state index in [0.717, 1.165) is 36.0 Å². The van der Waals surface area contributed by atoms with Crippen molar-refractivity contribution < 1.29 is 8.78 Å². The van der Waals surface area contributed by atoms with Crippen LogP contribution in [-0.2, 0) is 0 Å². The van der Waals surface area contributed by atoms with Crippen molar-refractivity contribution in [1.29, 1.82) is 0 Å². The van der Waals surface area contributed by atoms with E-state index in [0.29, 0.717) is 18.3 Å². The normalized spacial score (nSPS) is 51.0. The summed E-state index contributed by atoms with van der Waals surface area (Å²) < 4.78 is 27.8. The lowest BCUT2D eigenvalue weighted by atomic mass is 9.63. The summed E-state index contributed by atoms with van der Waals surface area (Å²) in [6, 6.07) is 0. The molecule has 3 heteroatoms. The molecule has 4 fully saturated rings. The first-order valence-electron chi connectivity index (χ1n) is 12.5. The molecule has 4 saturated carbocycles. The summed E-state index contributed by atoms with van der Waals surface area (Å²) in [5.74, 6) is 6.00. The van der Waals surface area contributed by atoms with Crippen LogP contribution in [0.5, 0.6) is 0 Å². The summed E-state index contributed by atoms with van der Waals surface area (Å²) in [5, 5.41) is 0. The van der Waals surface area contributed by atoms with Crippen molar-refractivity contribution in [2.24, 2.45) is 41.4 Å². The van der Waals surface area contributed by atoms with Crippen LogP contribution in [0.4, 0.5) is 8.78 Å². The minimum atomic E-state index is -1.25. The van der Waals surface area contributed by atoms with Gasteiger partial charge in [0.05, 0.1) is 0 Å². The number of hydrogen-bond acceptors (Lipinski definition) is 0. The Balaban J connectivity index is 1.20. The van der Waals surface area contributed by atoms with Crippen molar-refractivity contribution in [2.75, 3.05) is 0 Å². The van der Waals surface area contributed by atoms with Gasteiger partial charge in [-0.15, -0.1) is 9.24 Å². The molecule has 0 radical (unpaired) electrons. The Hall–Kier alpha value is 0.290. The van der Waals surface area contributed by atoms with Crippen LogP contribution < -0.4 is 0 Å². The molecule has 0 amide bonds. The molecule has 0 aromatic rings. The first-order valence-corrected chi connectivity index (χ1v) is 13.2. The maximum Gasteiger partial charge on any atom is 0.137 e. The third-order valence-electron chi connectivity index (χ3n) is 9.55. The van der Waals surface area contributed by atoms with Gasteiger partial charge in [-0.2, -0.15) is 0 Å². The van der Waals surface area contributed by atoms with Crippen LogP contribution in [0, 0.1) is 41.4 Å². The summed E-state index contributed by atoms with van der Waals surface area (Å²) in [6.07, 6.45) is 16.0. The molecule has 0 heterocycles. The van der Waals surface area contributed by atoms with Crippen molar-refractivity contribution in [1.82, 2.24) is 0 Å². The first-order chi connectivity index (χ1) is 13.5. The van der Waals surface area contributed by atoms with Gasteiger partial charge in [-0.3, -0.25) is 0 Å². The largest absolute Gasteiger partial charge is 0.244 e. The predicted octanol–water partition coefficient (Wildman–Crippen LogP) is 7.76. The fourth-order valence-electron chi connectivity index (χ4n) is 7.58. The van der Waals surface area contributed by atoms with Crippen molar-refractivity contribution in [3.8, 4) is 0 Å². The second kappa shape index (κ2) is 9.62. The van der Waals surface area contributed by atoms with Crippen molar-refractivity contribution in [3.05, 3.63) is 0 Å². The van der Waals surface area contributed by atoms with E-state index >= 15 is 0 Å². The summed E-state index contributed by atoms with van der Waals surface area (Å²) >= 11 is 0. The monoisotopic (exact) mass is 412 g/mol. The van der Waals surface area contributed by atoms with Gasteiger partial charge in [-0.05, 0) is 118 Å². The van der Waals surface area contributed by atoms with Gasteiger partial charge in [-0.25, -0.2) is 8.78 Å². The lowest BCUT2D eigenvalue weighted by Crippen LogP contribution is -2.40. The van der Waals surface area contributed by atoms with Crippen LogP contribution >= 0.6 is 9.24 Å². The lowest BCUT2D eigenvalue weighted by Gasteiger charge is -2.43. The highest BCUT2D eigenvalue weighted by molar-refractivity contribution is 7.17. The van der Waals surface area contributed by atoms with Gasteiger partial charge in [0.15, 0.2) is 0 Å². The van der Waals surface area contributed by atoms with Crippen LogP contribution in [0.2, 0.25) is 0 Å². The SMILES string of the molecule is CC1CCC(C2CCC(C3CCC(C4CC(F)C(F)C(P)C4)CC3)CC2)CC1. The second-order valence-electron chi connectivity index (χ2n) is 11.2. The lowest BCUT2D eigenvalue weighted by molar-refractivity contribution is 0.0487. The highest BCUT2D eigenvalue weighted by Crippen LogP contribution is 2.48. The molecule has 0 N–H and O–H groups in total. The zero-order valence-electron chi connectivity index (χ0n) is 18.0. The van der Waals surface area contributed by atoms with Gasteiger partial charge >= 0.3 is 0 Å². The van der Waals surface area contributed by atoms with Crippen LogP contribution in [0.1, 0.15) is 96.8 Å². The van der Waals surface area contributed by atoms with E-state index in [4.69, 9.17) is 0 Å². The molecule has 0 nitrogen and oxygen atoms in total. The summed E-state index contributed by atoms with van der Waals surface area (Å²) in [4.78, 5) is 0. The zero-order chi connectivity index (χ0) is 19.7. The van der Waals surface area contributed by atoms with Gasteiger partial charge in [0.1, 0.15) is 12.3 Å². The Morgan fingerprint density at radius 3 is 1.29 bits per heavy atom. The van der Waals surface area contributed by atoms with Crippen molar-refractivity contribution in [2.45, 2.75) is 115 Å². The molecule has 5 atom stereocenters. The molecule has 0 aromatic carbocycles. The van der Waals surface area contributed by atoms with E-state index in [1.54, 1.807) is 0 Å². The van der Waals surface area contributed by atoms with Gasteiger partial charge in [0, 0.05) is 5.66 Å². The Labute approximate surface area is 174 Å². The molecule has 0 saturated heterocycles. The topological polar surface area (TPSA) is 0 Å². The van der Waals surface area contributed by atoms with Gasteiger partial charge in [-0.1, -0.05) is 19.8 Å². The van der Waals surface area contributed by atoms with E-state index in [9.17, 15) is 8.78 Å². The van der Waals surface area contributed by atoms with Gasteiger partial charge in [0.2, 0.25) is 0 Å². The number of halogens is 2. The molecule has 4 rings (SSSR count). The molecule has 0 aliphatic heterocycles. The molecule has 0 aromatic heterocycles. The van der Waals surface area contributed by atoms with E-state index in [1.807, 2.05) is 0 Å². The fraction of sp³-hybridized carbons (Fsp3) is 1.00. The number of hydrogen-bond donors (Lipinski definition) is 0. The summed E-state index contributed by atoms with van der Waals surface area (Å²) in [7, 11) is 2.58. The minimum Gasteiger partial charge on any atom is -0.244 e. The quantitative estimate of drug-likeness (QED) is 0.416. The molecule has 28 heavy (non-hydrogen) atoms. The van der Waals surface area contributed by atoms with Gasteiger partial charge < -0.3 is 0 Å². The maximum atomic E-state index is 14.0. The average molecular weight is 413 g/mol. The smallest absolute Gasteiger partial charge is 0.137 e. The van der Waals surface area contributed by atoms with E-state index in [1.165, 1.54) is 77.0 Å². The van der Waals surface area contributed by atoms with Crippen LogP contribution in [0.3, 0.4) is 0 Å². The Morgan fingerprint density at radius 2 is 0.893 bits per heavy atom. The van der Waals surface area contributed by atoms with Crippen molar-refractivity contribution in [3.63, 3.8) is 0 Å². The highest BCUT2D eigenvalue weighted by Gasteiger charge is 2.41. The molecule has 5 unspecified atom stereocenters. The van der Waals surface area contributed by atoms with Crippen LogP contribution in [-0.4, -0.2) is 18.0 Å². The van der Waals surface area contributed by atoms with E-state index < -0.39 is 12.3 Å². The summed E-state index contributed by atoms with van der Waals surface area (Å²) in [6.45, 7) is 2.43. The minimum absolute atomic E-state index is 0.162. The Bertz CT molecular complexity index is 461. The first kappa shape index (κ1) is 21.5. The number of rotatable bonds is 3.